The number of hydrogen-bond acceptors (Lipinski definition) is 4. The lowest BCUT2D eigenvalue weighted by Gasteiger charge is -2.03. The molecule has 0 unspecified atom stereocenters. The predicted octanol–water partition coefficient (Wildman–Crippen LogP) is 1.76. The highest BCUT2D eigenvalue weighted by Gasteiger charge is 1.97. The Morgan fingerprint density at radius 1 is 1.39 bits per heavy atom. The van der Waals surface area contributed by atoms with Gasteiger partial charge in [-0.2, -0.15) is 0 Å². The maximum atomic E-state index is 10.9. The topological polar surface area (TPSA) is 84.6 Å². The quantitative estimate of drug-likeness (QED) is 0.295. The zero-order chi connectivity index (χ0) is 16.9. The van der Waals surface area contributed by atoms with Gasteiger partial charge in [0.15, 0.2) is 0 Å². The van der Waals surface area contributed by atoms with E-state index in [1.54, 1.807) is 42.5 Å². The van der Waals surface area contributed by atoms with Crippen molar-refractivity contribution >= 4 is 5.91 Å². The highest BCUT2D eigenvalue weighted by Crippen LogP contribution is 2.02. The average molecular weight is 314 g/mol. The van der Waals surface area contributed by atoms with E-state index < -0.39 is 5.91 Å². The number of benzene rings is 1. The number of hydrogen-bond donors (Lipinski definition) is 3. The maximum absolute atomic E-state index is 10.9. The molecule has 0 aliphatic rings. The first-order chi connectivity index (χ1) is 11.1. The Hall–Kier alpha value is -2.55. The fourth-order valence-corrected chi connectivity index (χ4v) is 1.61. The van der Waals surface area contributed by atoms with E-state index >= 15 is 0 Å². The summed E-state index contributed by atoms with van der Waals surface area (Å²) < 4.78 is 5.17. The minimum Gasteiger partial charge on any atom is -0.511 e. The van der Waals surface area contributed by atoms with Crippen LogP contribution in [0, 0.1) is 11.8 Å². The van der Waals surface area contributed by atoms with Crippen LogP contribution in [0.5, 0.6) is 0 Å². The van der Waals surface area contributed by atoms with Crippen LogP contribution in [0.2, 0.25) is 0 Å². The van der Waals surface area contributed by atoms with Gasteiger partial charge in [0, 0.05) is 24.3 Å². The summed E-state index contributed by atoms with van der Waals surface area (Å²) >= 11 is 0. The van der Waals surface area contributed by atoms with Gasteiger partial charge in [0.25, 0.3) is 0 Å². The number of carbonyl (C=O) groups excluding carboxylic acids is 1. The van der Waals surface area contributed by atoms with Crippen LogP contribution in [0.25, 0.3) is 0 Å². The number of aliphatic hydroxyl groups is 1. The minimum atomic E-state index is -0.458. The Kier molecular flexibility index (Phi) is 8.91. The Morgan fingerprint density at radius 3 is 2.78 bits per heavy atom. The van der Waals surface area contributed by atoms with Crippen molar-refractivity contribution in [2.45, 2.75) is 6.92 Å². The van der Waals surface area contributed by atoms with E-state index in [1.807, 2.05) is 6.92 Å². The number of aliphatic hydroxyl groups excluding tert-OH is 1. The Labute approximate surface area is 136 Å². The zero-order valence-electron chi connectivity index (χ0n) is 13.2. The second kappa shape index (κ2) is 11.1. The lowest BCUT2D eigenvalue weighted by Crippen LogP contribution is -2.22. The smallest absolute Gasteiger partial charge is 0.248 e. The van der Waals surface area contributed by atoms with Crippen LogP contribution in [-0.2, 0) is 4.74 Å². The molecule has 0 aromatic heterocycles. The summed E-state index contributed by atoms with van der Waals surface area (Å²) in [7, 11) is 0. The monoisotopic (exact) mass is 314 g/mol. The molecule has 0 fully saturated rings. The van der Waals surface area contributed by atoms with Crippen molar-refractivity contribution in [3.8, 4) is 11.8 Å². The number of allylic oxidation sites excluding steroid dienone is 3. The molecular weight excluding hydrogens is 292 g/mol. The summed E-state index contributed by atoms with van der Waals surface area (Å²) in [5, 5.41) is 12.7. The number of nitrogens with one attached hydrogen (secondary N) is 1. The summed E-state index contributed by atoms with van der Waals surface area (Å²) in [6.07, 6.45) is 4.89. The lowest BCUT2D eigenvalue weighted by molar-refractivity contribution is 0.100. The molecular formula is C18H22N2O3. The molecule has 0 aliphatic heterocycles. The zero-order valence-corrected chi connectivity index (χ0v) is 13.2. The van der Waals surface area contributed by atoms with E-state index in [-0.39, 0.29) is 5.76 Å². The van der Waals surface area contributed by atoms with E-state index in [0.29, 0.717) is 31.9 Å². The van der Waals surface area contributed by atoms with Gasteiger partial charge in [-0.05, 0) is 43.3 Å². The summed E-state index contributed by atoms with van der Waals surface area (Å²) in [4.78, 5) is 10.9. The maximum Gasteiger partial charge on any atom is 0.248 e. The average Bonchev–Trinajstić information content (AvgIpc) is 2.54. The molecule has 0 radical (unpaired) electrons. The summed E-state index contributed by atoms with van der Waals surface area (Å²) in [5.41, 5.74) is 6.40. The van der Waals surface area contributed by atoms with E-state index in [9.17, 15) is 9.90 Å². The molecule has 0 aliphatic carbocycles. The molecule has 1 aromatic rings. The van der Waals surface area contributed by atoms with Crippen LogP contribution in [-0.4, -0.2) is 37.3 Å². The number of rotatable bonds is 8. The molecule has 5 nitrogen and oxygen atoms in total. The van der Waals surface area contributed by atoms with Gasteiger partial charge in [0.05, 0.1) is 13.2 Å². The normalized spacial score (nSPS) is 11.3. The van der Waals surface area contributed by atoms with Crippen molar-refractivity contribution in [1.29, 1.82) is 0 Å². The Bertz CT molecular complexity index is 607. The third-order valence-electron chi connectivity index (χ3n) is 2.79. The standard InChI is InChI=1S/C18H22N2O3/c1-2-23-13-12-20-14-17(21)7-5-3-4-6-15-8-10-16(11-9-15)18(19)22/h3,5,7-11,20-21H,2,12-14H2,1H3,(H2,19,22)/b5-3+,17-7-. The van der Waals surface area contributed by atoms with Crippen molar-refractivity contribution in [2.24, 2.45) is 5.73 Å². The van der Waals surface area contributed by atoms with Gasteiger partial charge in [-0.25, -0.2) is 0 Å². The highest BCUT2D eigenvalue weighted by atomic mass is 16.5. The first kappa shape index (κ1) is 18.5. The molecule has 1 rings (SSSR count). The molecule has 0 bridgehead atoms. The number of primary amides is 1. The molecule has 0 atom stereocenters. The number of amides is 1. The summed E-state index contributed by atoms with van der Waals surface area (Å²) in [6, 6.07) is 6.73. The number of ether oxygens (including phenoxy) is 1. The van der Waals surface area contributed by atoms with Gasteiger partial charge in [0.2, 0.25) is 5.91 Å². The molecule has 0 saturated carbocycles. The Balaban J connectivity index is 2.37. The molecule has 4 N–H and O–H groups in total. The second-order valence-corrected chi connectivity index (χ2v) is 4.60. The summed E-state index contributed by atoms with van der Waals surface area (Å²) in [5.74, 6) is 5.53. The van der Waals surface area contributed by atoms with Crippen molar-refractivity contribution in [2.75, 3.05) is 26.3 Å². The van der Waals surface area contributed by atoms with Crippen molar-refractivity contribution < 1.29 is 14.6 Å². The first-order valence-electron chi connectivity index (χ1n) is 7.38. The summed E-state index contributed by atoms with van der Waals surface area (Å²) in [6.45, 7) is 4.33. The fourth-order valence-electron chi connectivity index (χ4n) is 1.61. The largest absolute Gasteiger partial charge is 0.511 e. The third kappa shape index (κ3) is 8.47. The van der Waals surface area contributed by atoms with E-state index in [2.05, 4.69) is 17.2 Å². The van der Waals surface area contributed by atoms with Gasteiger partial charge < -0.3 is 20.9 Å². The Morgan fingerprint density at radius 2 is 2.13 bits per heavy atom. The molecule has 1 aromatic carbocycles. The van der Waals surface area contributed by atoms with E-state index in [1.165, 1.54) is 0 Å². The molecule has 0 saturated heterocycles. The molecule has 0 heterocycles. The lowest BCUT2D eigenvalue weighted by atomic mass is 10.1. The van der Waals surface area contributed by atoms with Crippen LogP contribution in [0.3, 0.4) is 0 Å². The van der Waals surface area contributed by atoms with Gasteiger partial charge >= 0.3 is 0 Å². The third-order valence-corrected chi connectivity index (χ3v) is 2.79. The molecule has 122 valence electrons. The highest BCUT2D eigenvalue weighted by molar-refractivity contribution is 5.92. The predicted molar refractivity (Wildman–Crippen MR) is 91.1 cm³/mol. The van der Waals surface area contributed by atoms with Crippen LogP contribution in [0.4, 0.5) is 0 Å². The van der Waals surface area contributed by atoms with Crippen LogP contribution >= 0.6 is 0 Å². The van der Waals surface area contributed by atoms with Gasteiger partial charge in [-0.3, -0.25) is 4.79 Å². The first-order valence-corrected chi connectivity index (χ1v) is 7.38. The number of nitrogens with two attached hydrogens (primary N) is 1. The molecule has 1 amide bonds. The van der Waals surface area contributed by atoms with Gasteiger partial charge in [0.1, 0.15) is 5.76 Å². The minimum absolute atomic E-state index is 0.227. The van der Waals surface area contributed by atoms with E-state index in [4.69, 9.17) is 10.5 Å². The van der Waals surface area contributed by atoms with Crippen LogP contribution < -0.4 is 11.1 Å². The van der Waals surface area contributed by atoms with E-state index in [0.717, 1.165) is 5.56 Å². The van der Waals surface area contributed by atoms with Crippen LogP contribution in [0.15, 0.2) is 48.3 Å². The molecule has 23 heavy (non-hydrogen) atoms. The van der Waals surface area contributed by atoms with Gasteiger partial charge in [-0.15, -0.1) is 0 Å². The molecule has 5 heteroatoms. The van der Waals surface area contributed by atoms with Crippen LogP contribution in [0.1, 0.15) is 22.8 Å². The van der Waals surface area contributed by atoms with Crippen molar-refractivity contribution in [3.63, 3.8) is 0 Å². The second-order valence-electron chi connectivity index (χ2n) is 4.60. The number of carbonyl (C=O) groups is 1. The fraction of sp³-hybridized carbons (Fsp3) is 0.278. The molecule has 0 spiro atoms. The van der Waals surface area contributed by atoms with Crippen molar-refractivity contribution in [3.05, 3.63) is 59.4 Å². The van der Waals surface area contributed by atoms with Crippen molar-refractivity contribution in [1.82, 2.24) is 5.32 Å². The van der Waals surface area contributed by atoms with Gasteiger partial charge in [-0.1, -0.05) is 17.9 Å². The SMILES string of the molecule is CCOCCNC/C(O)=C/C=C/C#Cc1ccc(C(N)=O)cc1.